The van der Waals surface area contributed by atoms with Crippen LogP contribution in [0.25, 0.3) is 0 Å². The molecule has 0 aliphatic carbocycles. The third kappa shape index (κ3) is 2.52. The summed E-state index contributed by atoms with van der Waals surface area (Å²) in [6.07, 6.45) is 6.58. The number of pyridine rings is 1. The summed E-state index contributed by atoms with van der Waals surface area (Å²) in [5.41, 5.74) is 7.21. The third-order valence-corrected chi connectivity index (χ3v) is 2.04. The van der Waals surface area contributed by atoms with Crippen LogP contribution in [0.3, 0.4) is 0 Å². The fraction of sp³-hybridized carbons (Fsp3) is 0.182. The molecule has 0 aromatic carbocycles. The fourth-order valence-corrected chi connectivity index (χ4v) is 1.26. The lowest BCUT2D eigenvalue weighted by Crippen LogP contribution is -2.05. The normalized spacial score (nSPS) is 10.1. The van der Waals surface area contributed by atoms with Gasteiger partial charge in [0.05, 0.1) is 11.9 Å². The van der Waals surface area contributed by atoms with Gasteiger partial charge in [-0.2, -0.15) is 0 Å². The lowest BCUT2D eigenvalue weighted by molar-refractivity contribution is 0.285. The number of aromatic nitrogens is 3. The zero-order chi connectivity index (χ0) is 11.2. The molecule has 0 aliphatic heterocycles. The lowest BCUT2D eigenvalue weighted by Gasteiger charge is -2.07. The summed E-state index contributed by atoms with van der Waals surface area (Å²) < 4.78 is 5.52. The highest BCUT2D eigenvalue weighted by molar-refractivity contribution is 5.25. The molecule has 0 amide bonds. The molecule has 2 aromatic rings. The van der Waals surface area contributed by atoms with Crippen molar-refractivity contribution in [3.63, 3.8) is 0 Å². The Morgan fingerprint density at radius 1 is 1.19 bits per heavy atom. The van der Waals surface area contributed by atoms with Crippen molar-refractivity contribution in [1.29, 1.82) is 0 Å². The smallest absolute Gasteiger partial charge is 0.218 e. The van der Waals surface area contributed by atoms with E-state index in [0.717, 1.165) is 11.3 Å². The standard InChI is InChI=1S/C11H12N4O/c12-6-9-2-1-3-15-11(9)16-8-10-7-13-4-5-14-10/h1-5,7H,6,8,12H2. The van der Waals surface area contributed by atoms with E-state index in [1.165, 1.54) is 0 Å². The molecule has 0 unspecified atom stereocenters. The maximum Gasteiger partial charge on any atom is 0.218 e. The highest BCUT2D eigenvalue weighted by atomic mass is 16.5. The zero-order valence-corrected chi connectivity index (χ0v) is 8.71. The van der Waals surface area contributed by atoms with E-state index < -0.39 is 0 Å². The summed E-state index contributed by atoms with van der Waals surface area (Å²) in [6.45, 7) is 0.751. The van der Waals surface area contributed by atoms with Gasteiger partial charge in [0.25, 0.3) is 0 Å². The second-order valence-corrected chi connectivity index (χ2v) is 3.16. The monoisotopic (exact) mass is 216 g/mol. The summed E-state index contributed by atoms with van der Waals surface area (Å²) in [4.78, 5) is 12.2. The SMILES string of the molecule is NCc1cccnc1OCc1cnccn1. The first kappa shape index (κ1) is 10.5. The summed E-state index contributed by atoms with van der Waals surface area (Å²) in [7, 11) is 0. The van der Waals surface area contributed by atoms with Gasteiger partial charge in [-0.15, -0.1) is 0 Å². The second-order valence-electron chi connectivity index (χ2n) is 3.16. The van der Waals surface area contributed by atoms with Crippen LogP contribution >= 0.6 is 0 Å². The molecule has 2 rings (SSSR count). The molecule has 2 aromatic heterocycles. The molecule has 0 radical (unpaired) electrons. The summed E-state index contributed by atoms with van der Waals surface area (Å²) in [6, 6.07) is 3.72. The Morgan fingerprint density at radius 2 is 2.12 bits per heavy atom. The highest BCUT2D eigenvalue weighted by Gasteiger charge is 2.03. The Kier molecular flexibility index (Phi) is 3.40. The Bertz CT molecular complexity index is 447. The molecule has 5 heteroatoms. The van der Waals surface area contributed by atoms with Crippen LogP contribution in [-0.2, 0) is 13.2 Å². The van der Waals surface area contributed by atoms with Crippen LogP contribution in [0.2, 0.25) is 0 Å². The maximum absolute atomic E-state index is 5.57. The van der Waals surface area contributed by atoms with Crippen LogP contribution < -0.4 is 10.5 Å². The van der Waals surface area contributed by atoms with Gasteiger partial charge in [0, 0.05) is 30.7 Å². The molecule has 2 N–H and O–H groups in total. The Balaban J connectivity index is 2.05. The molecule has 0 saturated carbocycles. The van der Waals surface area contributed by atoms with E-state index in [-0.39, 0.29) is 0 Å². The Morgan fingerprint density at radius 3 is 2.88 bits per heavy atom. The van der Waals surface area contributed by atoms with Crippen molar-refractivity contribution in [3.8, 4) is 5.88 Å². The van der Waals surface area contributed by atoms with Crippen LogP contribution in [-0.4, -0.2) is 15.0 Å². The molecule has 82 valence electrons. The van der Waals surface area contributed by atoms with Crippen molar-refractivity contribution in [2.75, 3.05) is 0 Å². The van der Waals surface area contributed by atoms with E-state index >= 15 is 0 Å². The van der Waals surface area contributed by atoms with E-state index in [0.29, 0.717) is 19.0 Å². The van der Waals surface area contributed by atoms with Gasteiger partial charge in [-0.05, 0) is 6.07 Å². The number of ether oxygens (including phenoxy) is 1. The predicted octanol–water partition coefficient (Wildman–Crippen LogP) is 0.909. The number of hydrogen-bond donors (Lipinski definition) is 1. The number of nitrogens with zero attached hydrogens (tertiary/aromatic N) is 3. The van der Waals surface area contributed by atoms with Gasteiger partial charge in [0.2, 0.25) is 5.88 Å². The van der Waals surface area contributed by atoms with E-state index in [4.69, 9.17) is 10.5 Å². The molecule has 0 saturated heterocycles. The maximum atomic E-state index is 5.57. The molecule has 0 bridgehead atoms. The fourth-order valence-electron chi connectivity index (χ4n) is 1.26. The predicted molar refractivity (Wildman–Crippen MR) is 58.5 cm³/mol. The van der Waals surface area contributed by atoms with Crippen LogP contribution in [0.15, 0.2) is 36.9 Å². The minimum absolute atomic E-state index is 0.345. The third-order valence-electron chi connectivity index (χ3n) is 2.04. The van der Waals surface area contributed by atoms with Crippen LogP contribution in [0.1, 0.15) is 11.3 Å². The average molecular weight is 216 g/mol. The first-order valence-corrected chi connectivity index (χ1v) is 4.92. The molecule has 0 spiro atoms. The second kappa shape index (κ2) is 5.18. The molecular formula is C11H12N4O. The van der Waals surface area contributed by atoms with Gasteiger partial charge in [-0.3, -0.25) is 9.97 Å². The average Bonchev–Trinajstić information content (AvgIpc) is 2.38. The molecule has 2 heterocycles. The van der Waals surface area contributed by atoms with E-state index in [1.807, 2.05) is 12.1 Å². The molecular weight excluding hydrogens is 204 g/mol. The summed E-state index contributed by atoms with van der Waals surface area (Å²) in [5, 5.41) is 0. The number of rotatable bonds is 4. The number of nitrogens with two attached hydrogens (primary N) is 1. The van der Waals surface area contributed by atoms with Crippen LogP contribution in [0.5, 0.6) is 5.88 Å². The van der Waals surface area contributed by atoms with Crippen LogP contribution in [0, 0.1) is 0 Å². The first-order chi connectivity index (χ1) is 7.90. The Hall–Kier alpha value is -2.01. The van der Waals surface area contributed by atoms with Crippen molar-refractivity contribution >= 4 is 0 Å². The summed E-state index contributed by atoms with van der Waals surface area (Å²) >= 11 is 0. The highest BCUT2D eigenvalue weighted by Crippen LogP contribution is 2.14. The zero-order valence-electron chi connectivity index (χ0n) is 8.71. The quantitative estimate of drug-likeness (QED) is 0.822. The van der Waals surface area contributed by atoms with Gasteiger partial charge in [-0.1, -0.05) is 6.07 Å². The summed E-state index contributed by atoms with van der Waals surface area (Å²) in [5.74, 6) is 0.552. The molecule has 0 atom stereocenters. The van der Waals surface area contributed by atoms with Gasteiger partial charge < -0.3 is 10.5 Å². The van der Waals surface area contributed by atoms with Gasteiger partial charge >= 0.3 is 0 Å². The van der Waals surface area contributed by atoms with Crippen molar-refractivity contribution in [3.05, 3.63) is 48.2 Å². The van der Waals surface area contributed by atoms with Crippen molar-refractivity contribution < 1.29 is 4.74 Å². The van der Waals surface area contributed by atoms with E-state index in [1.54, 1.807) is 24.8 Å². The first-order valence-electron chi connectivity index (χ1n) is 4.92. The van der Waals surface area contributed by atoms with Gasteiger partial charge in [0.1, 0.15) is 6.61 Å². The van der Waals surface area contributed by atoms with Crippen molar-refractivity contribution in [2.24, 2.45) is 5.73 Å². The van der Waals surface area contributed by atoms with Gasteiger partial charge in [-0.25, -0.2) is 4.98 Å². The lowest BCUT2D eigenvalue weighted by atomic mass is 10.3. The minimum atomic E-state index is 0.345. The molecule has 0 fully saturated rings. The van der Waals surface area contributed by atoms with Crippen molar-refractivity contribution in [2.45, 2.75) is 13.2 Å². The molecule has 0 aliphatic rings. The van der Waals surface area contributed by atoms with E-state index in [2.05, 4.69) is 15.0 Å². The molecule has 5 nitrogen and oxygen atoms in total. The molecule has 16 heavy (non-hydrogen) atoms. The minimum Gasteiger partial charge on any atom is -0.471 e. The van der Waals surface area contributed by atoms with Gasteiger partial charge in [0.15, 0.2) is 0 Å². The largest absolute Gasteiger partial charge is 0.471 e. The van der Waals surface area contributed by atoms with Crippen molar-refractivity contribution in [1.82, 2.24) is 15.0 Å². The van der Waals surface area contributed by atoms with Crippen LogP contribution in [0.4, 0.5) is 0 Å². The Labute approximate surface area is 93.3 Å². The topological polar surface area (TPSA) is 73.9 Å². The number of hydrogen-bond acceptors (Lipinski definition) is 5. The van der Waals surface area contributed by atoms with E-state index in [9.17, 15) is 0 Å².